The Balaban J connectivity index is 1.18. The van der Waals surface area contributed by atoms with Gasteiger partial charge in [0.05, 0.1) is 6.04 Å². The van der Waals surface area contributed by atoms with E-state index < -0.39 is 0 Å². The zero-order chi connectivity index (χ0) is 24.2. The van der Waals surface area contributed by atoms with Crippen LogP contribution in [-0.2, 0) is 4.79 Å². The van der Waals surface area contributed by atoms with Crippen molar-refractivity contribution in [3.05, 3.63) is 17.3 Å². The molecule has 5 rings (SSSR count). The first-order valence-electron chi connectivity index (χ1n) is 12.6. The number of piperazine rings is 1. The fourth-order valence-corrected chi connectivity index (χ4v) is 6.30. The standard InChI is InChI=1S/C23H34ClN9OS/c1-31-11-13-32(14-12-31)20(16-5-3-2-4-6-16)21(34)26-23-30-29-22(35-23)25-17-9-10-33(15-17)19-8-7-18(24)27-28-19/h7-8,16-17,20H,2-6,9-15H2,1H3,(H,25,29)(H,26,30,34)/t17?,20-/m1/s1. The molecule has 3 fully saturated rings. The third-order valence-corrected chi connectivity index (χ3v) is 8.38. The zero-order valence-electron chi connectivity index (χ0n) is 20.2. The molecule has 12 heteroatoms. The largest absolute Gasteiger partial charge is 0.355 e. The Morgan fingerprint density at radius 2 is 1.77 bits per heavy atom. The Morgan fingerprint density at radius 3 is 2.51 bits per heavy atom. The van der Waals surface area contributed by atoms with Crippen LogP contribution in [0.2, 0.25) is 5.15 Å². The van der Waals surface area contributed by atoms with E-state index >= 15 is 0 Å². The highest BCUT2D eigenvalue weighted by Crippen LogP contribution is 2.31. The third-order valence-electron chi connectivity index (χ3n) is 7.41. The van der Waals surface area contributed by atoms with E-state index in [4.69, 9.17) is 11.6 Å². The van der Waals surface area contributed by atoms with Gasteiger partial charge in [-0.05, 0) is 44.4 Å². The lowest BCUT2D eigenvalue weighted by Crippen LogP contribution is -2.55. The van der Waals surface area contributed by atoms with E-state index in [0.717, 1.165) is 69.5 Å². The summed E-state index contributed by atoms with van der Waals surface area (Å²) < 4.78 is 0. The molecule has 0 bridgehead atoms. The van der Waals surface area contributed by atoms with Crippen LogP contribution in [0.1, 0.15) is 38.5 Å². The minimum Gasteiger partial charge on any atom is -0.355 e. The predicted molar refractivity (Wildman–Crippen MR) is 139 cm³/mol. The van der Waals surface area contributed by atoms with Crippen molar-refractivity contribution in [3.8, 4) is 0 Å². The second-order valence-corrected chi connectivity index (χ2v) is 11.2. The second kappa shape index (κ2) is 11.3. The van der Waals surface area contributed by atoms with Gasteiger partial charge in [-0.1, -0.05) is 42.2 Å². The first-order chi connectivity index (χ1) is 17.0. The van der Waals surface area contributed by atoms with Crippen molar-refractivity contribution in [2.75, 3.05) is 61.8 Å². The van der Waals surface area contributed by atoms with Gasteiger partial charge in [0.1, 0.15) is 0 Å². The van der Waals surface area contributed by atoms with E-state index in [0.29, 0.717) is 16.2 Å². The van der Waals surface area contributed by atoms with E-state index in [1.807, 2.05) is 6.07 Å². The highest BCUT2D eigenvalue weighted by Gasteiger charge is 2.36. The molecule has 1 saturated carbocycles. The topological polar surface area (TPSA) is 102 Å². The molecule has 2 aromatic rings. The lowest BCUT2D eigenvalue weighted by molar-refractivity contribution is -0.124. The van der Waals surface area contributed by atoms with Crippen LogP contribution in [0.4, 0.5) is 16.1 Å². The molecule has 2 N–H and O–H groups in total. The zero-order valence-corrected chi connectivity index (χ0v) is 21.8. The van der Waals surface area contributed by atoms with Crippen molar-refractivity contribution in [1.82, 2.24) is 30.2 Å². The summed E-state index contributed by atoms with van der Waals surface area (Å²) >= 11 is 7.26. The molecule has 190 valence electrons. The second-order valence-electron chi connectivity index (χ2n) is 9.87. The van der Waals surface area contributed by atoms with Crippen LogP contribution >= 0.6 is 22.9 Å². The van der Waals surface area contributed by atoms with E-state index in [-0.39, 0.29) is 18.0 Å². The van der Waals surface area contributed by atoms with E-state index in [2.05, 4.69) is 52.8 Å². The van der Waals surface area contributed by atoms with Gasteiger partial charge in [0.25, 0.3) is 0 Å². The van der Waals surface area contributed by atoms with Crippen LogP contribution in [0.5, 0.6) is 0 Å². The van der Waals surface area contributed by atoms with Crippen LogP contribution in [0.3, 0.4) is 0 Å². The number of aromatic nitrogens is 4. The fourth-order valence-electron chi connectivity index (χ4n) is 5.48. The number of carbonyl (C=O) groups is 1. The molecule has 0 aromatic carbocycles. The smallest absolute Gasteiger partial charge is 0.243 e. The van der Waals surface area contributed by atoms with E-state index in [1.165, 1.54) is 30.6 Å². The number of likely N-dealkylation sites (N-methyl/N-ethyl adjacent to an activating group) is 1. The summed E-state index contributed by atoms with van der Waals surface area (Å²) in [5, 5.41) is 24.9. The van der Waals surface area contributed by atoms with Gasteiger partial charge in [-0.2, -0.15) is 0 Å². The molecule has 3 aliphatic rings. The molecule has 0 radical (unpaired) electrons. The van der Waals surface area contributed by atoms with Gasteiger partial charge in [0, 0.05) is 45.3 Å². The van der Waals surface area contributed by atoms with Crippen molar-refractivity contribution < 1.29 is 4.79 Å². The van der Waals surface area contributed by atoms with Crippen LogP contribution in [0.15, 0.2) is 12.1 Å². The highest BCUT2D eigenvalue weighted by molar-refractivity contribution is 7.19. The Hall–Kier alpha value is -2.08. The number of amides is 1. The summed E-state index contributed by atoms with van der Waals surface area (Å²) in [5.74, 6) is 1.30. The molecule has 0 spiro atoms. The summed E-state index contributed by atoms with van der Waals surface area (Å²) in [4.78, 5) is 20.4. The number of anilines is 3. The number of halogens is 1. The molecule has 4 heterocycles. The quantitative estimate of drug-likeness (QED) is 0.571. The molecule has 1 amide bonds. The highest BCUT2D eigenvalue weighted by atomic mass is 35.5. The van der Waals surface area contributed by atoms with Crippen molar-refractivity contribution in [2.45, 2.75) is 50.6 Å². The number of hydrogen-bond acceptors (Lipinski definition) is 10. The molecule has 1 aliphatic carbocycles. The van der Waals surface area contributed by atoms with Crippen LogP contribution in [0.25, 0.3) is 0 Å². The summed E-state index contributed by atoms with van der Waals surface area (Å²) in [6, 6.07) is 3.78. The number of carbonyl (C=O) groups excluding carboxylic acids is 1. The molecule has 35 heavy (non-hydrogen) atoms. The summed E-state index contributed by atoms with van der Waals surface area (Å²) in [6.45, 7) is 5.55. The Labute approximate surface area is 215 Å². The average molecular weight is 520 g/mol. The maximum absolute atomic E-state index is 13.5. The maximum Gasteiger partial charge on any atom is 0.243 e. The molecular formula is C23H34ClN9OS. The minimum absolute atomic E-state index is 0.0671. The monoisotopic (exact) mass is 519 g/mol. The Bertz CT molecular complexity index is 976. The average Bonchev–Trinajstić information content (AvgIpc) is 3.51. The summed E-state index contributed by atoms with van der Waals surface area (Å²) in [5.41, 5.74) is 0. The SMILES string of the molecule is CN1CCN([C@@H](C(=O)Nc2nnc(NC3CCN(c4ccc(Cl)nn4)C3)s2)C2CCCCC2)CC1. The molecule has 10 nitrogen and oxygen atoms in total. The number of hydrogen-bond donors (Lipinski definition) is 2. The van der Waals surface area contributed by atoms with Crippen molar-refractivity contribution in [3.63, 3.8) is 0 Å². The number of rotatable bonds is 7. The molecule has 2 saturated heterocycles. The summed E-state index contributed by atoms with van der Waals surface area (Å²) in [7, 11) is 2.15. The molecule has 2 atom stereocenters. The van der Waals surface area contributed by atoms with E-state index in [1.54, 1.807) is 6.07 Å². The van der Waals surface area contributed by atoms with Crippen molar-refractivity contribution in [2.24, 2.45) is 5.92 Å². The Morgan fingerprint density at radius 1 is 1.00 bits per heavy atom. The molecule has 2 aromatic heterocycles. The van der Waals surface area contributed by atoms with E-state index in [9.17, 15) is 4.79 Å². The van der Waals surface area contributed by atoms with Crippen LogP contribution in [0, 0.1) is 5.92 Å². The van der Waals surface area contributed by atoms with Gasteiger partial charge in [-0.3, -0.25) is 15.0 Å². The van der Waals surface area contributed by atoms with Gasteiger partial charge >= 0.3 is 0 Å². The molecular weight excluding hydrogens is 486 g/mol. The first-order valence-corrected chi connectivity index (χ1v) is 13.8. The van der Waals surface area contributed by atoms with Crippen LogP contribution < -0.4 is 15.5 Å². The van der Waals surface area contributed by atoms with Crippen molar-refractivity contribution in [1.29, 1.82) is 0 Å². The predicted octanol–water partition coefficient (Wildman–Crippen LogP) is 2.81. The molecule has 2 aliphatic heterocycles. The van der Waals surface area contributed by atoms with Gasteiger partial charge in [0.15, 0.2) is 11.0 Å². The molecule has 1 unspecified atom stereocenters. The van der Waals surface area contributed by atoms with Gasteiger partial charge in [-0.25, -0.2) is 0 Å². The first kappa shape index (κ1) is 24.6. The maximum atomic E-state index is 13.5. The van der Waals surface area contributed by atoms with Crippen LogP contribution in [-0.4, -0.2) is 94.5 Å². The van der Waals surface area contributed by atoms with Crippen molar-refractivity contribution >= 4 is 44.9 Å². The lowest BCUT2D eigenvalue weighted by atomic mass is 9.82. The van der Waals surface area contributed by atoms with Gasteiger partial charge in [0.2, 0.25) is 16.2 Å². The summed E-state index contributed by atoms with van der Waals surface area (Å²) in [6.07, 6.45) is 6.93. The third kappa shape index (κ3) is 6.19. The normalized spacial score (nSPS) is 23.4. The fraction of sp³-hybridized carbons (Fsp3) is 0.696. The van der Waals surface area contributed by atoms with Gasteiger partial charge < -0.3 is 15.1 Å². The van der Waals surface area contributed by atoms with Gasteiger partial charge in [-0.15, -0.1) is 20.4 Å². The number of nitrogens with one attached hydrogen (secondary N) is 2. The lowest BCUT2D eigenvalue weighted by Gasteiger charge is -2.41. The minimum atomic E-state index is -0.0896. The number of nitrogens with zero attached hydrogens (tertiary/aromatic N) is 7. The Kier molecular flexibility index (Phi) is 7.96.